The van der Waals surface area contributed by atoms with E-state index in [0.29, 0.717) is 54.5 Å². The SMILES string of the molecule is CN(c1ncnc2sc(CC(F)(F)F)cc12)[C@@H]1C=C[C@H](NC(=O)OC(C)(C)C)C1.CN(c1ncnc2sc(CC(F)(F)F)cc12)[C@H]1C[C@@H](NC(=O)OC(C)(C)C)[C@@H](O)[C@H]1O.CN(c1ncnc2sc(CC(F)(F)F)cc12)[C@H]1C[C@@H](NC(=O)OC(C)(C)C)[C@H](O)[C@@H]1O. The molecule has 0 bridgehead atoms. The molecule has 6 aromatic rings. The standard InChI is InChI=1S/2C19H25F3N4O4S.C19H23F3N4O2S/c2*1-18(2,3)30-17(29)25-11-6-12(14(28)13(11)27)26(4)15-10-5-9(7-19(20,21)22)31-16(10)24-8-23-15;1-18(2,3)28-17(27)25-11-5-6-12(7-11)26(4)15-14-8-13(9-19(20,21)22)29-16(14)24-10-23-15/h2*5,8,11-14,27-28H,6-7H2,1-4H3,(H,25,29);5-6,8,10-12H,7,9H2,1-4H3,(H,25,27)/t11-,12+,13+,14-;11-,12+,13-,14+;11-,12+/m110/s1. The fourth-order valence-corrected chi connectivity index (χ4v) is 13.4. The van der Waals surface area contributed by atoms with E-state index >= 15 is 0 Å². The molecule has 0 spiro atoms. The number of rotatable bonds is 12. The lowest BCUT2D eigenvalue weighted by Gasteiger charge is -2.28. The first-order chi connectivity index (χ1) is 41.9. The summed E-state index contributed by atoms with van der Waals surface area (Å²) in [5.41, 5.74) is -2.02. The van der Waals surface area contributed by atoms with Gasteiger partial charge in [-0.3, -0.25) is 0 Å². The van der Waals surface area contributed by atoms with E-state index in [9.17, 15) is 74.3 Å². The van der Waals surface area contributed by atoms with Crippen molar-refractivity contribution in [3.05, 3.63) is 64.0 Å². The van der Waals surface area contributed by atoms with Crippen LogP contribution in [-0.4, -0.2) is 186 Å². The first kappa shape index (κ1) is 71.7. The molecule has 0 unspecified atom stereocenters. The van der Waals surface area contributed by atoms with Gasteiger partial charge in [0.15, 0.2) is 0 Å². The van der Waals surface area contributed by atoms with Crippen molar-refractivity contribution in [3.8, 4) is 0 Å². The average molecular weight is 1350 g/mol. The Morgan fingerprint density at radius 1 is 0.473 bits per heavy atom. The number of aliphatic hydroxyl groups excluding tert-OH is 4. The molecule has 7 N–H and O–H groups in total. The second kappa shape index (κ2) is 27.9. The summed E-state index contributed by atoms with van der Waals surface area (Å²) in [7, 11) is 5.08. The molecule has 0 radical (unpaired) electrons. The third-order valence-electron chi connectivity index (χ3n) is 14.2. The molecule has 9 rings (SSSR count). The Bertz CT molecular complexity index is 3380. The van der Waals surface area contributed by atoms with E-state index in [2.05, 4.69) is 45.9 Å². The van der Waals surface area contributed by atoms with Crippen molar-refractivity contribution in [2.24, 2.45) is 0 Å². The lowest BCUT2D eigenvalue weighted by atomic mass is 10.1. The van der Waals surface area contributed by atoms with Gasteiger partial charge in [0, 0.05) is 35.8 Å². The summed E-state index contributed by atoms with van der Waals surface area (Å²) >= 11 is 2.88. The van der Waals surface area contributed by atoms with E-state index in [1.807, 2.05) is 24.1 Å². The number of anilines is 3. The Balaban J connectivity index is 0.000000194. The van der Waals surface area contributed by atoms with Gasteiger partial charge in [0.1, 0.15) is 92.1 Å². The normalized spacial score (nSPS) is 22.9. The third kappa shape index (κ3) is 19.9. The number of carbonyl (C=O) groups is 3. The lowest BCUT2D eigenvalue weighted by Crippen LogP contribution is -2.45. The molecule has 3 aliphatic carbocycles. The Morgan fingerprint density at radius 3 is 1.09 bits per heavy atom. The first-order valence-corrected chi connectivity index (χ1v) is 30.8. The molecule has 2 fully saturated rings. The van der Waals surface area contributed by atoms with Gasteiger partial charge in [-0.15, -0.1) is 34.0 Å². The highest BCUT2D eigenvalue weighted by Crippen LogP contribution is 2.40. The zero-order chi connectivity index (χ0) is 67.7. The van der Waals surface area contributed by atoms with Gasteiger partial charge in [0.25, 0.3) is 0 Å². The van der Waals surface area contributed by atoms with Crippen LogP contribution in [0.2, 0.25) is 0 Å². The van der Waals surface area contributed by atoms with Crippen molar-refractivity contribution in [1.82, 2.24) is 45.9 Å². The maximum absolute atomic E-state index is 12.8. The van der Waals surface area contributed by atoms with Crippen molar-refractivity contribution in [2.75, 3.05) is 35.8 Å². The minimum Gasteiger partial charge on any atom is -0.444 e. The van der Waals surface area contributed by atoms with Crippen LogP contribution in [0.5, 0.6) is 0 Å². The highest BCUT2D eigenvalue weighted by Gasteiger charge is 2.47. The van der Waals surface area contributed by atoms with Crippen molar-refractivity contribution in [1.29, 1.82) is 0 Å². The number of carbonyl (C=O) groups excluding carboxylic acids is 3. The molecule has 22 nitrogen and oxygen atoms in total. The third-order valence-corrected chi connectivity index (χ3v) is 17.3. The highest BCUT2D eigenvalue weighted by molar-refractivity contribution is 7.19. The van der Waals surface area contributed by atoms with Gasteiger partial charge in [0.2, 0.25) is 0 Å². The Morgan fingerprint density at radius 2 is 0.780 bits per heavy atom. The van der Waals surface area contributed by atoms with Crippen molar-refractivity contribution in [2.45, 2.75) is 197 Å². The minimum absolute atomic E-state index is 0.0704. The molecule has 3 amide bonds. The number of aliphatic hydroxyl groups is 4. The van der Waals surface area contributed by atoms with Crippen LogP contribution < -0.4 is 30.7 Å². The molecule has 6 aromatic heterocycles. The molecular formula is C57H73F9N12O10S3. The molecule has 0 aliphatic heterocycles. The molecule has 2 saturated carbocycles. The smallest absolute Gasteiger partial charge is 0.408 e. The van der Waals surface area contributed by atoms with E-state index in [0.717, 1.165) is 34.0 Å². The monoisotopic (exact) mass is 1350 g/mol. The summed E-state index contributed by atoms with van der Waals surface area (Å²) in [6, 6.07) is 1.22. The van der Waals surface area contributed by atoms with Crippen LogP contribution in [0.4, 0.5) is 71.4 Å². The van der Waals surface area contributed by atoms with Crippen LogP contribution in [0.3, 0.4) is 0 Å². The van der Waals surface area contributed by atoms with Crippen LogP contribution >= 0.6 is 34.0 Å². The molecule has 6 heterocycles. The fourth-order valence-electron chi connectivity index (χ4n) is 10.4. The van der Waals surface area contributed by atoms with Gasteiger partial charge in [-0.05, 0) is 99.8 Å². The number of fused-ring (bicyclic) bond motifs is 3. The van der Waals surface area contributed by atoms with Crippen LogP contribution in [0.15, 0.2) is 49.3 Å². The van der Waals surface area contributed by atoms with E-state index in [4.69, 9.17) is 14.2 Å². The van der Waals surface area contributed by atoms with Crippen LogP contribution in [0.1, 0.15) is 96.2 Å². The minimum atomic E-state index is -4.34. The summed E-state index contributed by atoms with van der Waals surface area (Å²) < 4.78 is 130. The van der Waals surface area contributed by atoms with Crippen molar-refractivity contribution in [3.63, 3.8) is 0 Å². The molecule has 0 saturated heterocycles. The number of thiophene rings is 3. The maximum Gasteiger partial charge on any atom is 0.408 e. The maximum atomic E-state index is 12.8. The van der Waals surface area contributed by atoms with Crippen LogP contribution in [-0.2, 0) is 33.5 Å². The number of hydrogen-bond acceptors (Lipinski definition) is 22. The zero-order valence-electron chi connectivity index (χ0n) is 51.5. The average Bonchev–Trinajstić information content (AvgIpc) is 1.69. The number of halogens is 9. The van der Waals surface area contributed by atoms with Gasteiger partial charge < -0.3 is 65.3 Å². The number of ether oxygens (including phenoxy) is 3. The van der Waals surface area contributed by atoms with Gasteiger partial charge in [0.05, 0.1) is 71.7 Å². The van der Waals surface area contributed by atoms with Gasteiger partial charge in [-0.25, -0.2) is 44.3 Å². The predicted molar refractivity (Wildman–Crippen MR) is 325 cm³/mol. The second-order valence-electron chi connectivity index (χ2n) is 25.1. The number of alkyl halides is 9. The predicted octanol–water partition coefficient (Wildman–Crippen LogP) is 9.69. The Labute approximate surface area is 529 Å². The number of nitrogens with zero attached hydrogens (tertiary/aromatic N) is 9. The summed E-state index contributed by atoms with van der Waals surface area (Å²) in [4.78, 5) is 67.8. The van der Waals surface area contributed by atoms with E-state index in [1.165, 1.54) is 37.2 Å². The van der Waals surface area contributed by atoms with Crippen LogP contribution in [0.25, 0.3) is 30.6 Å². The number of likely N-dealkylation sites (N-methyl/N-ethyl adjacent to an activating group) is 3. The van der Waals surface area contributed by atoms with Gasteiger partial charge in [-0.2, -0.15) is 39.5 Å². The fraction of sp³-hybridized carbons (Fsp3) is 0.596. The zero-order valence-corrected chi connectivity index (χ0v) is 54.0. The molecule has 0 aromatic carbocycles. The number of aromatic nitrogens is 6. The molecular weight excluding hydrogens is 1280 g/mol. The Kier molecular flexibility index (Phi) is 21.9. The largest absolute Gasteiger partial charge is 0.444 e. The lowest BCUT2D eigenvalue weighted by molar-refractivity contribution is -0.127. The van der Waals surface area contributed by atoms with Crippen molar-refractivity contribution < 1.29 is 88.5 Å². The van der Waals surface area contributed by atoms with Crippen molar-refractivity contribution >= 4 is 100 Å². The quantitative estimate of drug-likeness (QED) is 0.0341. The summed E-state index contributed by atoms with van der Waals surface area (Å²) in [5, 5.41) is 51.3. The number of alkyl carbamates (subject to hydrolysis) is 3. The van der Waals surface area contributed by atoms with E-state index in [1.54, 1.807) is 86.2 Å². The first-order valence-electron chi connectivity index (χ1n) is 28.4. The highest BCUT2D eigenvalue weighted by atomic mass is 32.1. The van der Waals surface area contributed by atoms with E-state index < -0.39 is 121 Å². The number of nitrogens with one attached hydrogen (secondary N) is 3. The topological polar surface area (TPSA) is 283 Å². The molecule has 3 aliphatic rings. The summed E-state index contributed by atoms with van der Waals surface area (Å²) in [5.74, 6) is 1.24. The van der Waals surface area contributed by atoms with Gasteiger partial charge in [-0.1, -0.05) is 12.2 Å². The molecule has 10 atom stereocenters. The number of hydrogen-bond donors (Lipinski definition) is 7. The second-order valence-corrected chi connectivity index (χ2v) is 28.5. The van der Waals surface area contributed by atoms with E-state index in [-0.39, 0.29) is 39.6 Å². The summed E-state index contributed by atoms with van der Waals surface area (Å²) in [6.07, 6.45) is -14.3. The number of amides is 3. The molecule has 502 valence electrons. The summed E-state index contributed by atoms with van der Waals surface area (Å²) in [6.45, 7) is 15.6. The van der Waals surface area contributed by atoms with Gasteiger partial charge >= 0.3 is 36.8 Å². The Hall–Kier alpha value is -6.72. The molecule has 34 heteroatoms. The van der Waals surface area contributed by atoms with Crippen LogP contribution in [0, 0.1) is 0 Å². The molecule has 91 heavy (non-hydrogen) atoms.